The SMILES string of the molecule is NCc1cccc(-c2ccc([C@@]3(NS(=O)(=O)c4ccc5cc(Cl)ccc5c4)CCNC3=O)c(F)c2)c1. The zero-order valence-electron chi connectivity index (χ0n) is 19.1. The zero-order chi connectivity index (χ0) is 25.5. The molecule has 0 radical (unpaired) electrons. The molecule has 1 saturated heterocycles. The molecule has 1 heterocycles. The third-order valence-corrected chi connectivity index (χ3v) is 8.22. The van der Waals surface area contributed by atoms with E-state index in [1.165, 1.54) is 24.3 Å². The summed E-state index contributed by atoms with van der Waals surface area (Å²) in [5.41, 5.74) is 6.16. The molecule has 5 rings (SSSR count). The highest BCUT2D eigenvalue weighted by atomic mass is 35.5. The first-order chi connectivity index (χ1) is 17.2. The number of nitrogens with two attached hydrogens (primary N) is 1. The van der Waals surface area contributed by atoms with Crippen LogP contribution >= 0.6 is 11.6 Å². The van der Waals surface area contributed by atoms with Gasteiger partial charge in [0.25, 0.3) is 0 Å². The second-order valence-electron chi connectivity index (χ2n) is 8.77. The summed E-state index contributed by atoms with van der Waals surface area (Å²) in [5.74, 6) is -1.28. The molecular formula is C27H23ClFN3O3S. The van der Waals surface area contributed by atoms with Crippen molar-refractivity contribution in [1.82, 2.24) is 10.0 Å². The Morgan fingerprint density at radius 3 is 2.44 bits per heavy atom. The fraction of sp³-hybridized carbons (Fsp3) is 0.148. The first kappa shape index (κ1) is 24.4. The van der Waals surface area contributed by atoms with Crippen molar-refractivity contribution >= 4 is 38.3 Å². The maximum absolute atomic E-state index is 15.6. The van der Waals surface area contributed by atoms with Crippen molar-refractivity contribution < 1.29 is 17.6 Å². The van der Waals surface area contributed by atoms with Gasteiger partial charge >= 0.3 is 0 Å². The van der Waals surface area contributed by atoms with Crippen molar-refractivity contribution in [2.45, 2.75) is 23.4 Å². The second kappa shape index (κ2) is 9.29. The Bertz CT molecular complexity index is 1610. The number of rotatable bonds is 6. The van der Waals surface area contributed by atoms with E-state index in [0.29, 0.717) is 22.5 Å². The van der Waals surface area contributed by atoms with E-state index in [1.54, 1.807) is 30.3 Å². The standard InChI is InChI=1S/C27H23ClFN3O3S/c28-22-7-4-20-14-23(8-5-19(20)13-22)36(34,35)32-27(10-11-31-26(27)33)24-9-6-21(15-25(24)29)18-3-1-2-17(12-18)16-30/h1-9,12-15,32H,10-11,16,30H2,(H,31,33)/t27-/m0/s1. The molecule has 36 heavy (non-hydrogen) atoms. The summed E-state index contributed by atoms with van der Waals surface area (Å²) in [7, 11) is -4.20. The van der Waals surface area contributed by atoms with E-state index >= 15 is 4.39 Å². The summed E-state index contributed by atoms with van der Waals surface area (Å²) >= 11 is 6.03. The number of benzene rings is 4. The van der Waals surface area contributed by atoms with E-state index in [9.17, 15) is 13.2 Å². The Morgan fingerprint density at radius 1 is 0.972 bits per heavy atom. The molecule has 0 bridgehead atoms. The van der Waals surface area contributed by atoms with Crippen LogP contribution in [0, 0.1) is 5.82 Å². The highest BCUT2D eigenvalue weighted by Crippen LogP contribution is 2.35. The number of nitrogens with one attached hydrogen (secondary N) is 2. The van der Waals surface area contributed by atoms with Gasteiger partial charge in [-0.1, -0.05) is 54.1 Å². The lowest BCUT2D eigenvalue weighted by molar-refractivity contribution is -0.124. The quantitative estimate of drug-likeness (QED) is 0.347. The summed E-state index contributed by atoms with van der Waals surface area (Å²) < 4.78 is 45.0. The maximum Gasteiger partial charge on any atom is 0.246 e. The Hall–Kier alpha value is -3.30. The molecule has 0 unspecified atom stereocenters. The highest BCUT2D eigenvalue weighted by Gasteiger charge is 2.48. The lowest BCUT2D eigenvalue weighted by Gasteiger charge is -2.28. The van der Waals surface area contributed by atoms with Gasteiger partial charge in [0.05, 0.1) is 4.90 Å². The van der Waals surface area contributed by atoms with Crippen LogP contribution in [0.5, 0.6) is 0 Å². The second-order valence-corrected chi connectivity index (χ2v) is 10.9. The van der Waals surface area contributed by atoms with Crippen molar-refractivity contribution in [2.24, 2.45) is 5.73 Å². The third-order valence-electron chi connectivity index (χ3n) is 6.49. The molecule has 4 N–H and O–H groups in total. The number of halogens is 2. The molecule has 1 aliphatic rings. The van der Waals surface area contributed by atoms with Crippen molar-refractivity contribution in [3.63, 3.8) is 0 Å². The minimum Gasteiger partial charge on any atom is -0.354 e. The number of sulfonamides is 1. The van der Waals surface area contributed by atoms with Crippen LogP contribution in [0.1, 0.15) is 17.5 Å². The van der Waals surface area contributed by atoms with Crippen LogP contribution in [0.3, 0.4) is 0 Å². The molecule has 6 nitrogen and oxygen atoms in total. The van der Waals surface area contributed by atoms with Gasteiger partial charge in [-0.2, -0.15) is 4.72 Å². The number of hydrogen-bond donors (Lipinski definition) is 3. The number of carbonyl (C=O) groups excluding carboxylic acids is 1. The van der Waals surface area contributed by atoms with Gasteiger partial charge in [-0.05, 0) is 70.3 Å². The van der Waals surface area contributed by atoms with Gasteiger partial charge in [-0.3, -0.25) is 4.79 Å². The normalized spacial score (nSPS) is 17.9. The van der Waals surface area contributed by atoms with Gasteiger partial charge in [-0.25, -0.2) is 12.8 Å². The molecule has 1 atom stereocenters. The van der Waals surface area contributed by atoms with E-state index in [1.807, 2.05) is 24.3 Å². The number of carbonyl (C=O) groups is 1. The van der Waals surface area contributed by atoms with Crippen LogP contribution in [-0.4, -0.2) is 20.9 Å². The molecule has 1 amide bonds. The zero-order valence-corrected chi connectivity index (χ0v) is 20.7. The van der Waals surface area contributed by atoms with Crippen LogP contribution in [0.15, 0.2) is 83.8 Å². The molecule has 184 valence electrons. The average molecular weight is 524 g/mol. The monoisotopic (exact) mass is 523 g/mol. The number of fused-ring (bicyclic) bond motifs is 1. The first-order valence-corrected chi connectivity index (χ1v) is 13.2. The van der Waals surface area contributed by atoms with Crippen LogP contribution < -0.4 is 15.8 Å². The molecule has 1 aliphatic heterocycles. The van der Waals surface area contributed by atoms with E-state index < -0.39 is 27.3 Å². The van der Waals surface area contributed by atoms with Crippen molar-refractivity contribution in [3.05, 3.63) is 101 Å². The molecule has 4 aromatic carbocycles. The van der Waals surface area contributed by atoms with Crippen molar-refractivity contribution in [1.29, 1.82) is 0 Å². The van der Waals surface area contributed by atoms with E-state index in [-0.39, 0.29) is 23.4 Å². The molecule has 0 saturated carbocycles. The fourth-order valence-electron chi connectivity index (χ4n) is 4.61. The molecule has 0 aliphatic carbocycles. The van der Waals surface area contributed by atoms with E-state index in [4.69, 9.17) is 17.3 Å². The van der Waals surface area contributed by atoms with Gasteiger partial charge in [0, 0.05) is 23.7 Å². The summed E-state index contributed by atoms with van der Waals surface area (Å²) in [6.07, 6.45) is 0.0627. The largest absolute Gasteiger partial charge is 0.354 e. The number of hydrogen-bond acceptors (Lipinski definition) is 4. The van der Waals surface area contributed by atoms with E-state index in [0.717, 1.165) is 16.5 Å². The Morgan fingerprint density at radius 2 is 1.72 bits per heavy atom. The summed E-state index contributed by atoms with van der Waals surface area (Å²) in [6.45, 7) is 0.554. The van der Waals surface area contributed by atoms with Crippen LogP contribution in [0.2, 0.25) is 5.02 Å². The fourth-order valence-corrected chi connectivity index (χ4v) is 6.20. The lowest BCUT2D eigenvalue weighted by Crippen LogP contribution is -2.51. The van der Waals surface area contributed by atoms with Gasteiger partial charge in [0.1, 0.15) is 11.4 Å². The minimum absolute atomic E-state index is 0.0348. The van der Waals surface area contributed by atoms with Crippen LogP contribution in [0.25, 0.3) is 21.9 Å². The Labute approximate surface area is 213 Å². The van der Waals surface area contributed by atoms with E-state index in [2.05, 4.69) is 10.0 Å². The van der Waals surface area contributed by atoms with Gasteiger partial charge in [0.15, 0.2) is 0 Å². The molecule has 4 aromatic rings. The van der Waals surface area contributed by atoms with Crippen molar-refractivity contribution in [2.75, 3.05) is 6.54 Å². The molecule has 0 spiro atoms. The van der Waals surface area contributed by atoms with Crippen LogP contribution in [-0.2, 0) is 26.9 Å². The maximum atomic E-state index is 15.6. The molecule has 9 heteroatoms. The van der Waals surface area contributed by atoms with Gasteiger partial charge in [0.2, 0.25) is 15.9 Å². The van der Waals surface area contributed by atoms with Gasteiger partial charge in [-0.15, -0.1) is 0 Å². The summed E-state index contributed by atoms with van der Waals surface area (Å²) in [6, 6.07) is 21.6. The van der Waals surface area contributed by atoms with Crippen molar-refractivity contribution in [3.8, 4) is 11.1 Å². The van der Waals surface area contributed by atoms with Crippen LogP contribution in [0.4, 0.5) is 4.39 Å². The average Bonchev–Trinajstić information content (AvgIpc) is 3.23. The summed E-state index contributed by atoms with van der Waals surface area (Å²) in [5, 5.41) is 4.62. The molecular weight excluding hydrogens is 501 g/mol. The number of amides is 1. The molecule has 0 aromatic heterocycles. The summed E-state index contributed by atoms with van der Waals surface area (Å²) in [4.78, 5) is 13.0. The first-order valence-electron chi connectivity index (χ1n) is 11.3. The Kier molecular flexibility index (Phi) is 6.30. The topological polar surface area (TPSA) is 101 Å². The predicted molar refractivity (Wildman–Crippen MR) is 138 cm³/mol. The minimum atomic E-state index is -4.20. The predicted octanol–water partition coefficient (Wildman–Crippen LogP) is 4.45. The Balaban J connectivity index is 1.54. The smallest absolute Gasteiger partial charge is 0.246 e. The molecule has 1 fully saturated rings. The highest BCUT2D eigenvalue weighted by molar-refractivity contribution is 7.89. The third kappa shape index (κ3) is 4.37. The lowest BCUT2D eigenvalue weighted by atomic mass is 9.87. The van der Waals surface area contributed by atoms with Gasteiger partial charge < -0.3 is 11.1 Å².